The van der Waals surface area contributed by atoms with Crippen molar-refractivity contribution in [1.29, 1.82) is 0 Å². The summed E-state index contributed by atoms with van der Waals surface area (Å²) in [5, 5.41) is 10.4. The van der Waals surface area contributed by atoms with Gasteiger partial charge < -0.3 is 9.73 Å². The molecule has 1 atom stereocenters. The Hall–Kier alpha value is -1.88. The smallest absolute Gasteiger partial charge is 0.272 e. The van der Waals surface area contributed by atoms with E-state index in [4.69, 9.17) is 16.0 Å². The van der Waals surface area contributed by atoms with Gasteiger partial charge in [0.25, 0.3) is 5.91 Å². The molecular weight excluding hydrogens is 254 g/mol. The molecule has 0 fully saturated rings. The van der Waals surface area contributed by atoms with Crippen LogP contribution in [-0.2, 0) is 6.42 Å². The van der Waals surface area contributed by atoms with Gasteiger partial charge in [0.05, 0.1) is 6.26 Å². The summed E-state index contributed by atoms with van der Waals surface area (Å²) in [4.78, 5) is 11.8. The summed E-state index contributed by atoms with van der Waals surface area (Å²) in [5.74, 6) is 0.545. The molecule has 94 valence electrons. The molecule has 0 saturated heterocycles. The van der Waals surface area contributed by atoms with Crippen molar-refractivity contribution in [3.05, 3.63) is 47.1 Å². The number of carbonyl (C=O) groups is 1. The molecule has 2 heterocycles. The van der Waals surface area contributed by atoms with Crippen LogP contribution in [0.4, 0.5) is 0 Å². The van der Waals surface area contributed by atoms with Crippen LogP contribution in [0.2, 0.25) is 5.15 Å². The van der Waals surface area contributed by atoms with Crippen LogP contribution >= 0.6 is 11.6 Å². The van der Waals surface area contributed by atoms with E-state index in [2.05, 4.69) is 15.5 Å². The zero-order valence-corrected chi connectivity index (χ0v) is 10.5. The van der Waals surface area contributed by atoms with Gasteiger partial charge in [-0.1, -0.05) is 11.6 Å². The van der Waals surface area contributed by atoms with Crippen molar-refractivity contribution in [3.8, 4) is 0 Å². The van der Waals surface area contributed by atoms with Crippen molar-refractivity contribution in [1.82, 2.24) is 15.5 Å². The van der Waals surface area contributed by atoms with Crippen LogP contribution in [0.25, 0.3) is 0 Å². The van der Waals surface area contributed by atoms with E-state index in [0.717, 1.165) is 5.76 Å². The first kappa shape index (κ1) is 12.6. The number of furan rings is 1. The summed E-state index contributed by atoms with van der Waals surface area (Å²) < 4.78 is 5.21. The predicted octanol–water partition coefficient (Wildman–Crippen LogP) is 2.08. The number of amides is 1. The highest BCUT2D eigenvalue weighted by molar-refractivity contribution is 6.29. The number of hydrogen-bond donors (Lipinski definition) is 1. The van der Waals surface area contributed by atoms with Crippen LogP contribution in [0.3, 0.4) is 0 Å². The van der Waals surface area contributed by atoms with Crippen molar-refractivity contribution < 1.29 is 9.21 Å². The van der Waals surface area contributed by atoms with E-state index in [9.17, 15) is 4.79 Å². The molecule has 0 saturated carbocycles. The average molecular weight is 266 g/mol. The molecule has 0 bridgehead atoms. The van der Waals surface area contributed by atoms with E-state index in [1.165, 1.54) is 12.1 Å². The van der Waals surface area contributed by atoms with Crippen LogP contribution in [0, 0.1) is 0 Å². The maximum Gasteiger partial charge on any atom is 0.272 e. The molecule has 0 aliphatic carbocycles. The van der Waals surface area contributed by atoms with Crippen molar-refractivity contribution in [2.24, 2.45) is 0 Å². The maximum absolute atomic E-state index is 11.8. The molecule has 2 aromatic rings. The van der Waals surface area contributed by atoms with Crippen LogP contribution in [-0.4, -0.2) is 22.1 Å². The molecule has 2 aromatic heterocycles. The molecule has 5 nitrogen and oxygen atoms in total. The first-order valence-corrected chi connectivity index (χ1v) is 5.85. The highest BCUT2D eigenvalue weighted by Crippen LogP contribution is 2.05. The molecule has 2 rings (SSSR count). The Morgan fingerprint density at radius 3 is 2.89 bits per heavy atom. The minimum absolute atomic E-state index is 0.0545. The lowest BCUT2D eigenvalue weighted by atomic mass is 10.2. The summed E-state index contributed by atoms with van der Waals surface area (Å²) in [7, 11) is 0. The average Bonchev–Trinajstić information content (AvgIpc) is 2.82. The van der Waals surface area contributed by atoms with Crippen molar-refractivity contribution >= 4 is 17.5 Å². The van der Waals surface area contributed by atoms with Crippen LogP contribution in [0.1, 0.15) is 23.2 Å². The minimum Gasteiger partial charge on any atom is -0.469 e. The monoisotopic (exact) mass is 265 g/mol. The van der Waals surface area contributed by atoms with Gasteiger partial charge in [-0.05, 0) is 31.2 Å². The van der Waals surface area contributed by atoms with Crippen molar-refractivity contribution in [3.63, 3.8) is 0 Å². The van der Waals surface area contributed by atoms with Crippen LogP contribution in [0.15, 0.2) is 34.9 Å². The van der Waals surface area contributed by atoms with Crippen molar-refractivity contribution in [2.75, 3.05) is 0 Å². The van der Waals surface area contributed by atoms with E-state index in [1.54, 1.807) is 6.26 Å². The minimum atomic E-state index is -0.279. The SMILES string of the molecule is CC(Cc1ccco1)NC(=O)c1ccc(Cl)nn1. The molecule has 6 heteroatoms. The lowest BCUT2D eigenvalue weighted by Gasteiger charge is -2.11. The molecule has 0 aromatic carbocycles. The first-order valence-electron chi connectivity index (χ1n) is 5.47. The fourth-order valence-corrected chi connectivity index (χ4v) is 1.62. The van der Waals surface area contributed by atoms with Gasteiger partial charge in [-0.15, -0.1) is 10.2 Å². The number of halogens is 1. The number of hydrogen-bond acceptors (Lipinski definition) is 4. The predicted molar refractivity (Wildman–Crippen MR) is 66.4 cm³/mol. The molecule has 0 spiro atoms. The van der Waals surface area contributed by atoms with Gasteiger partial charge in [0.1, 0.15) is 5.76 Å². The van der Waals surface area contributed by atoms with Crippen LogP contribution < -0.4 is 5.32 Å². The number of carbonyl (C=O) groups excluding carboxylic acids is 1. The van der Waals surface area contributed by atoms with E-state index in [1.807, 2.05) is 19.1 Å². The van der Waals surface area contributed by atoms with Gasteiger partial charge in [0.15, 0.2) is 10.8 Å². The zero-order valence-electron chi connectivity index (χ0n) is 9.76. The molecule has 0 aliphatic rings. The number of nitrogens with one attached hydrogen (secondary N) is 1. The molecule has 1 amide bonds. The van der Waals surface area contributed by atoms with E-state index in [-0.39, 0.29) is 22.8 Å². The molecule has 1 unspecified atom stereocenters. The maximum atomic E-state index is 11.8. The number of rotatable bonds is 4. The molecule has 1 N–H and O–H groups in total. The lowest BCUT2D eigenvalue weighted by Crippen LogP contribution is -2.34. The first-order chi connectivity index (χ1) is 8.65. The summed E-state index contributed by atoms with van der Waals surface area (Å²) in [5.41, 5.74) is 0.241. The third-order valence-electron chi connectivity index (χ3n) is 2.33. The second-order valence-corrected chi connectivity index (χ2v) is 4.29. The molecule has 0 aliphatic heterocycles. The Morgan fingerprint density at radius 2 is 2.28 bits per heavy atom. The highest BCUT2D eigenvalue weighted by atomic mass is 35.5. The molecule has 18 heavy (non-hydrogen) atoms. The Bertz CT molecular complexity index is 511. The van der Waals surface area contributed by atoms with E-state index in [0.29, 0.717) is 6.42 Å². The van der Waals surface area contributed by atoms with Gasteiger partial charge in [-0.2, -0.15) is 0 Å². The zero-order chi connectivity index (χ0) is 13.0. The van der Waals surface area contributed by atoms with Gasteiger partial charge in [-0.25, -0.2) is 0 Å². The summed E-state index contributed by atoms with van der Waals surface area (Å²) in [6, 6.07) is 6.69. The second-order valence-electron chi connectivity index (χ2n) is 3.90. The van der Waals surface area contributed by atoms with E-state index < -0.39 is 0 Å². The van der Waals surface area contributed by atoms with E-state index >= 15 is 0 Å². The van der Waals surface area contributed by atoms with Crippen LogP contribution in [0.5, 0.6) is 0 Å². The lowest BCUT2D eigenvalue weighted by molar-refractivity contribution is 0.0933. The third kappa shape index (κ3) is 3.30. The van der Waals surface area contributed by atoms with Gasteiger partial charge >= 0.3 is 0 Å². The second kappa shape index (κ2) is 5.64. The van der Waals surface area contributed by atoms with Gasteiger partial charge in [0, 0.05) is 12.5 Å². The standard InChI is InChI=1S/C12H12ClN3O2/c1-8(7-9-3-2-6-18-9)14-12(17)10-4-5-11(13)16-15-10/h2-6,8H,7H2,1H3,(H,14,17). The summed E-state index contributed by atoms with van der Waals surface area (Å²) >= 11 is 5.60. The highest BCUT2D eigenvalue weighted by Gasteiger charge is 2.12. The summed E-state index contributed by atoms with van der Waals surface area (Å²) in [6.07, 6.45) is 2.23. The Morgan fingerprint density at radius 1 is 1.44 bits per heavy atom. The van der Waals surface area contributed by atoms with Crippen molar-refractivity contribution in [2.45, 2.75) is 19.4 Å². The Balaban J connectivity index is 1.92. The number of nitrogens with zero attached hydrogens (tertiary/aromatic N) is 2. The summed E-state index contributed by atoms with van der Waals surface area (Å²) in [6.45, 7) is 1.89. The third-order valence-corrected chi connectivity index (χ3v) is 2.53. The van der Waals surface area contributed by atoms with Gasteiger partial charge in [-0.3, -0.25) is 4.79 Å². The molecular formula is C12H12ClN3O2. The number of aromatic nitrogens is 2. The van der Waals surface area contributed by atoms with Gasteiger partial charge in [0.2, 0.25) is 0 Å². The fraction of sp³-hybridized carbons (Fsp3) is 0.250. The Labute approximate surface area is 109 Å². The normalized spacial score (nSPS) is 12.1. The quantitative estimate of drug-likeness (QED) is 0.919. The largest absolute Gasteiger partial charge is 0.469 e. The fourth-order valence-electron chi connectivity index (χ4n) is 1.52. The topological polar surface area (TPSA) is 68.0 Å². The molecule has 0 radical (unpaired) electrons. The Kier molecular flexibility index (Phi) is 3.94.